The zero-order valence-corrected chi connectivity index (χ0v) is 19.8. The summed E-state index contributed by atoms with van der Waals surface area (Å²) in [6.45, 7) is 4.73. The van der Waals surface area contributed by atoms with Crippen LogP contribution >= 0.6 is 11.3 Å². The van der Waals surface area contributed by atoms with Gasteiger partial charge in [-0.25, -0.2) is 8.78 Å². The first-order valence-corrected chi connectivity index (χ1v) is 11.9. The average molecular weight is 481 g/mol. The molecule has 0 aliphatic rings. The number of carbonyl (C=O) groups is 1. The fourth-order valence-electron chi connectivity index (χ4n) is 3.75. The van der Waals surface area contributed by atoms with Crippen LogP contribution < -0.4 is 15.4 Å². The Morgan fingerprint density at radius 3 is 2.59 bits per heavy atom. The highest BCUT2D eigenvalue weighted by Crippen LogP contribution is 2.26. The maximum absolute atomic E-state index is 14.4. The molecule has 1 atom stereocenters. The van der Waals surface area contributed by atoms with E-state index in [1.54, 1.807) is 6.92 Å². The number of fused-ring (bicyclic) bond motifs is 1. The lowest BCUT2D eigenvalue weighted by Gasteiger charge is -2.22. The summed E-state index contributed by atoms with van der Waals surface area (Å²) in [5.74, 6) is -1.66. The molecule has 176 valence electrons. The van der Waals surface area contributed by atoms with Crippen molar-refractivity contribution < 1.29 is 18.3 Å². The molecule has 7 heteroatoms. The van der Waals surface area contributed by atoms with Crippen molar-refractivity contribution in [3.05, 3.63) is 99.9 Å². The van der Waals surface area contributed by atoms with Crippen molar-refractivity contribution >= 4 is 27.3 Å². The van der Waals surface area contributed by atoms with Crippen molar-refractivity contribution in [1.82, 2.24) is 10.6 Å². The fourth-order valence-corrected chi connectivity index (χ4v) is 4.73. The SMILES string of the molecule is Cc1cccc(CNC[C@H](CNC(=O)c2cc3ccccc3s2)Oc2c(C)cc(F)cc2F)c1. The van der Waals surface area contributed by atoms with Crippen LogP contribution in [-0.4, -0.2) is 25.1 Å². The van der Waals surface area contributed by atoms with E-state index < -0.39 is 17.7 Å². The van der Waals surface area contributed by atoms with Gasteiger partial charge < -0.3 is 15.4 Å². The summed E-state index contributed by atoms with van der Waals surface area (Å²) in [4.78, 5) is 13.4. The topological polar surface area (TPSA) is 50.4 Å². The van der Waals surface area contributed by atoms with E-state index >= 15 is 0 Å². The molecule has 0 radical (unpaired) electrons. The van der Waals surface area contributed by atoms with E-state index in [4.69, 9.17) is 4.74 Å². The Balaban J connectivity index is 1.45. The Labute approximate surface area is 201 Å². The second-order valence-electron chi connectivity index (χ2n) is 8.25. The van der Waals surface area contributed by atoms with Crippen molar-refractivity contribution in [2.75, 3.05) is 13.1 Å². The Kier molecular flexibility index (Phi) is 7.55. The quantitative estimate of drug-likeness (QED) is 0.320. The first kappa shape index (κ1) is 23.9. The molecule has 0 unspecified atom stereocenters. The van der Waals surface area contributed by atoms with Gasteiger partial charge in [0.2, 0.25) is 0 Å². The van der Waals surface area contributed by atoms with Gasteiger partial charge in [0.25, 0.3) is 5.91 Å². The summed E-state index contributed by atoms with van der Waals surface area (Å²) >= 11 is 1.41. The van der Waals surface area contributed by atoms with Crippen LogP contribution in [0.5, 0.6) is 5.75 Å². The summed E-state index contributed by atoms with van der Waals surface area (Å²) in [6, 6.07) is 19.8. The van der Waals surface area contributed by atoms with E-state index in [1.807, 2.05) is 55.5 Å². The van der Waals surface area contributed by atoms with E-state index in [1.165, 1.54) is 17.4 Å². The molecule has 34 heavy (non-hydrogen) atoms. The number of amides is 1. The number of benzene rings is 3. The number of hydrogen-bond acceptors (Lipinski definition) is 4. The second kappa shape index (κ2) is 10.8. The van der Waals surface area contributed by atoms with Gasteiger partial charge in [0.05, 0.1) is 11.4 Å². The first-order valence-electron chi connectivity index (χ1n) is 11.0. The minimum atomic E-state index is -0.767. The number of rotatable bonds is 9. The normalized spacial score (nSPS) is 12.0. The van der Waals surface area contributed by atoms with Crippen LogP contribution in [0.25, 0.3) is 10.1 Å². The predicted octanol–water partition coefficient (Wildman–Crippen LogP) is 5.76. The van der Waals surface area contributed by atoms with Gasteiger partial charge in [0.1, 0.15) is 11.9 Å². The fraction of sp³-hybridized carbons (Fsp3) is 0.222. The number of hydrogen-bond donors (Lipinski definition) is 2. The van der Waals surface area contributed by atoms with Crippen molar-refractivity contribution in [3.8, 4) is 5.75 Å². The Bertz CT molecular complexity index is 1250. The van der Waals surface area contributed by atoms with Crippen LogP contribution in [0.3, 0.4) is 0 Å². The van der Waals surface area contributed by atoms with E-state index in [2.05, 4.69) is 16.7 Å². The standard InChI is InChI=1S/C27H26F2N2O2S/c1-17-6-5-7-19(10-17)14-30-15-22(33-26-18(2)11-21(28)13-23(26)29)16-31-27(32)25-12-20-8-3-4-9-24(20)34-25/h3-13,22,30H,14-16H2,1-2H3,(H,31,32)/t22-/m1/s1. The molecule has 4 nitrogen and oxygen atoms in total. The number of ether oxygens (including phenoxy) is 1. The lowest BCUT2D eigenvalue weighted by molar-refractivity contribution is 0.0929. The first-order chi connectivity index (χ1) is 16.4. The third-order valence-corrected chi connectivity index (χ3v) is 6.52. The van der Waals surface area contributed by atoms with Gasteiger partial charge >= 0.3 is 0 Å². The van der Waals surface area contributed by atoms with E-state index in [9.17, 15) is 13.6 Å². The van der Waals surface area contributed by atoms with Crippen LogP contribution in [-0.2, 0) is 6.54 Å². The molecule has 0 spiro atoms. The van der Waals surface area contributed by atoms with E-state index in [0.29, 0.717) is 23.5 Å². The zero-order chi connectivity index (χ0) is 24.1. The van der Waals surface area contributed by atoms with Gasteiger partial charge in [-0.05, 0) is 48.6 Å². The average Bonchev–Trinajstić information content (AvgIpc) is 3.23. The zero-order valence-electron chi connectivity index (χ0n) is 19.0. The third kappa shape index (κ3) is 5.98. The predicted molar refractivity (Wildman–Crippen MR) is 133 cm³/mol. The molecule has 3 aromatic carbocycles. The number of halogens is 2. The molecule has 0 aliphatic carbocycles. The summed E-state index contributed by atoms with van der Waals surface area (Å²) in [6.07, 6.45) is -0.568. The molecular formula is C27H26F2N2O2S. The van der Waals surface area contributed by atoms with Gasteiger partial charge in [0.15, 0.2) is 11.6 Å². The summed E-state index contributed by atoms with van der Waals surface area (Å²) in [5.41, 5.74) is 2.63. The second-order valence-corrected chi connectivity index (χ2v) is 9.34. The molecule has 1 aromatic heterocycles. The van der Waals surface area contributed by atoms with E-state index in [0.717, 1.165) is 27.3 Å². The van der Waals surface area contributed by atoms with Crippen LogP contribution in [0.15, 0.2) is 66.7 Å². The third-order valence-electron chi connectivity index (χ3n) is 5.40. The van der Waals surface area contributed by atoms with E-state index in [-0.39, 0.29) is 18.2 Å². The van der Waals surface area contributed by atoms with Crippen LogP contribution in [0.4, 0.5) is 8.78 Å². The van der Waals surface area contributed by atoms with Crippen LogP contribution in [0, 0.1) is 25.5 Å². The minimum Gasteiger partial charge on any atom is -0.484 e. The molecule has 4 rings (SSSR count). The maximum Gasteiger partial charge on any atom is 0.261 e. The Hall–Kier alpha value is -3.29. The molecule has 4 aromatic rings. The van der Waals surface area contributed by atoms with Gasteiger partial charge in [-0.3, -0.25) is 4.79 Å². The molecule has 1 amide bonds. The summed E-state index contributed by atoms with van der Waals surface area (Å²) in [7, 11) is 0. The largest absolute Gasteiger partial charge is 0.484 e. The van der Waals surface area contributed by atoms with Crippen LogP contribution in [0.1, 0.15) is 26.4 Å². The van der Waals surface area contributed by atoms with Crippen molar-refractivity contribution in [2.45, 2.75) is 26.5 Å². The Morgan fingerprint density at radius 2 is 1.82 bits per heavy atom. The molecule has 0 bridgehead atoms. The Morgan fingerprint density at radius 1 is 1.00 bits per heavy atom. The highest BCUT2D eigenvalue weighted by atomic mass is 32.1. The molecule has 0 saturated heterocycles. The number of nitrogens with one attached hydrogen (secondary N) is 2. The molecule has 0 aliphatic heterocycles. The molecule has 1 heterocycles. The molecule has 2 N–H and O–H groups in total. The molecular weight excluding hydrogens is 454 g/mol. The highest BCUT2D eigenvalue weighted by Gasteiger charge is 2.19. The molecule has 0 fully saturated rings. The van der Waals surface area contributed by atoms with Gasteiger partial charge in [-0.2, -0.15) is 0 Å². The minimum absolute atomic E-state index is 0.0140. The van der Waals surface area contributed by atoms with Gasteiger partial charge in [-0.15, -0.1) is 11.3 Å². The number of aryl methyl sites for hydroxylation is 2. The highest BCUT2D eigenvalue weighted by molar-refractivity contribution is 7.20. The van der Waals surface area contributed by atoms with Crippen molar-refractivity contribution in [2.24, 2.45) is 0 Å². The lowest BCUT2D eigenvalue weighted by atomic mass is 10.1. The monoisotopic (exact) mass is 480 g/mol. The summed E-state index contributed by atoms with van der Waals surface area (Å²) < 4.78 is 34.9. The number of carbonyl (C=O) groups excluding carboxylic acids is 1. The summed E-state index contributed by atoms with van der Waals surface area (Å²) in [5, 5.41) is 7.22. The maximum atomic E-state index is 14.4. The van der Waals surface area contributed by atoms with Gasteiger partial charge in [-0.1, -0.05) is 48.0 Å². The lowest BCUT2D eigenvalue weighted by Crippen LogP contribution is -2.41. The smallest absolute Gasteiger partial charge is 0.261 e. The number of thiophene rings is 1. The van der Waals surface area contributed by atoms with Gasteiger partial charge in [0, 0.05) is 23.9 Å². The molecule has 0 saturated carbocycles. The van der Waals surface area contributed by atoms with Crippen LogP contribution in [0.2, 0.25) is 0 Å². The van der Waals surface area contributed by atoms with Crippen molar-refractivity contribution in [1.29, 1.82) is 0 Å². The van der Waals surface area contributed by atoms with Crippen molar-refractivity contribution in [3.63, 3.8) is 0 Å².